The van der Waals surface area contributed by atoms with E-state index in [4.69, 9.17) is 0 Å². The first-order valence-corrected chi connectivity index (χ1v) is 11.2. The highest BCUT2D eigenvalue weighted by atomic mass is 32.2. The highest BCUT2D eigenvalue weighted by Crippen LogP contribution is 2.38. The molecule has 7 heteroatoms. The van der Waals surface area contributed by atoms with Crippen molar-refractivity contribution in [1.82, 2.24) is 14.9 Å². The molecule has 4 rings (SSSR count). The zero-order chi connectivity index (χ0) is 21.3. The van der Waals surface area contributed by atoms with E-state index in [0.29, 0.717) is 0 Å². The molecule has 2 heterocycles. The molecular weight excluding hydrogens is 394 g/mol. The molecule has 0 radical (unpaired) electrons. The van der Waals surface area contributed by atoms with Crippen molar-refractivity contribution in [3.05, 3.63) is 70.5 Å². The Morgan fingerprint density at radius 3 is 2.57 bits per heavy atom. The predicted molar refractivity (Wildman–Crippen MR) is 121 cm³/mol. The van der Waals surface area contributed by atoms with Gasteiger partial charge < -0.3 is 10.7 Å². The molecule has 6 nitrogen and oxygen atoms in total. The zero-order valence-corrected chi connectivity index (χ0v) is 18.6. The lowest BCUT2D eigenvalue weighted by Gasteiger charge is -2.33. The SMILES string of the molecule is CCCc1nnc2n1N[C@@H](c1ccc(C)cc1)[C@@H](C(=O)Nc1cc(C)ccc1C)S2. The summed E-state index contributed by atoms with van der Waals surface area (Å²) in [5.41, 5.74) is 8.78. The van der Waals surface area contributed by atoms with Gasteiger partial charge >= 0.3 is 0 Å². The monoisotopic (exact) mass is 421 g/mol. The molecule has 0 unspecified atom stereocenters. The number of rotatable bonds is 5. The molecule has 156 valence electrons. The van der Waals surface area contributed by atoms with E-state index in [0.717, 1.165) is 46.2 Å². The topological polar surface area (TPSA) is 71.8 Å². The first kappa shape index (κ1) is 20.5. The maximum Gasteiger partial charge on any atom is 0.240 e. The number of aromatic nitrogens is 3. The number of hydrogen-bond acceptors (Lipinski definition) is 5. The molecule has 0 fully saturated rings. The second kappa shape index (κ2) is 8.52. The normalized spacial score (nSPS) is 17.9. The molecule has 0 bridgehead atoms. The quantitative estimate of drug-likeness (QED) is 0.632. The fourth-order valence-corrected chi connectivity index (χ4v) is 4.68. The van der Waals surface area contributed by atoms with Crippen LogP contribution in [0, 0.1) is 20.8 Å². The second-order valence-corrected chi connectivity index (χ2v) is 8.96. The van der Waals surface area contributed by atoms with Gasteiger partial charge in [0.15, 0.2) is 5.82 Å². The Bertz CT molecular complexity index is 1060. The Labute approximate surface area is 181 Å². The molecular formula is C23H27N5OS. The minimum atomic E-state index is -0.376. The summed E-state index contributed by atoms with van der Waals surface area (Å²) >= 11 is 1.46. The Balaban J connectivity index is 1.68. The van der Waals surface area contributed by atoms with E-state index in [-0.39, 0.29) is 17.2 Å². The second-order valence-electron chi connectivity index (χ2n) is 7.85. The molecule has 30 heavy (non-hydrogen) atoms. The van der Waals surface area contributed by atoms with Crippen LogP contribution in [0.4, 0.5) is 5.69 Å². The molecule has 1 aromatic heterocycles. The lowest BCUT2D eigenvalue weighted by Crippen LogP contribution is -2.41. The maximum atomic E-state index is 13.4. The number of aryl methyl sites for hydroxylation is 4. The van der Waals surface area contributed by atoms with E-state index in [1.807, 2.05) is 30.7 Å². The van der Waals surface area contributed by atoms with Crippen molar-refractivity contribution in [3.63, 3.8) is 0 Å². The molecule has 2 aromatic carbocycles. The minimum Gasteiger partial charge on any atom is -0.325 e. The van der Waals surface area contributed by atoms with Crippen LogP contribution in [0.15, 0.2) is 47.6 Å². The fraction of sp³-hybridized carbons (Fsp3) is 0.348. The van der Waals surface area contributed by atoms with Crippen LogP contribution in [0.1, 0.15) is 47.5 Å². The van der Waals surface area contributed by atoms with Gasteiger partial charge in [0.05, 0.1) is 6.04 Å². The molecule has 2 atom stereocenters. The van der Waals surface area contributed by atoms with Crippen molar-refractivity contribution in [2.24, 2.45) is 0 Å². The highest BCUT2D eigenvalue weighted by Gasteiger charge is 2.37. The largest absolute Gasteiger partial charge is 0.325 e. The van der Waals surface area contributed by atoms with E-state index >= 15 is 0 Å². The number of hydrogen-bond donors (Lipinski definition) is 2. The molecule has 0 aliphatic carbocycles. The minimum absolute atomic E-state index is 0.0435. The van der Waals surface area contributed by atoms with Crippen LogP contribution in [0.25, 0.3) is 0 Å². The van der Waals surface area contributed by atoms with Gasteiger partial charge in [-0.2, -0.15) is 0 Å². The van der Waals surface area contributed by atoms with Gasteiger partial charge in [-0.25, -0.2) is 4.68 Å². The number of benzene rings is 2. The number of thioether (sulfide) groups is 1. The van der Waals surface area contributed by atoms with Crippen LogP contribution in [-0.4, -0.2) is 26.0 Å². The van der Waals surface area contributed by atoms with Gasteiger partial charge in [0.1, 0.15) is 5.25 Å². The van der Waals surface area contributed by atoms with Gasteiger partial charge in [0.2, 0.25) is 11.1 Å². The smallest absolute Gasteiger partial charge is 0.240 e. The Kier molecular flexibility index (Phi) is 5.81. The van der Waals surface area contributed by atoms with Gasteiger partial charge in [-0.1, -0.05) is 60.6 Å². The molecule has 0 spiro atoms. The van der Waals surface area contributed by atoms with E-state index in [1.165, 1.54) is 17.3 Å². The molecule has 1 amide bonds. The van der Waals surface area contributed by atoms with Crippen molar-refractivity contribution in [1.29, 1.82) is 0 Å². The standard InChI is InChI=1S/C23H27N5OS/c1-5-6-19-25-26-23-28(19)27-20(17-11-8-14(2)9-12-17)21(30-23)22(29)24-18-13-15(3)7-10-16(18)4/h7-13,20-21,27H,5-6H2,1-4H3,(H,24,29)/t20-,21-/m0/s1. The molecule has 0 saturated heterocycles. The van der Waals surface area contributed by atoms with Crippen LogP contribution >= 0.6 is 11.8 Å². The van der Waals surface area contributed by atoms with E-state index < -0.39 is 0 Å². The summed E-state index contributed by atoms with van der Waals surface area (Å²) in [4.78, 5) is 13.4. The lowest BCUT2D eigenvalue weighted by atomic mass is 10.0. The summed E-state index contributed by atoms with van der Waals surface area (Å²) in [5, 5.41) is 12.1. The van der Waals surface area contributed by atoms with Crippen molar-refractivity contribution in [2.75, 3.05) is 10.7 Å². The summed E-state index contributed by atoms with van der Waals surface area (Å²) in [5.74, 6) is 0.851. The molecule has 1 aliphatic rings. The Morgan fingerprint density at radius 1 is 1.10 bits per heavy atom. The van der Waals surface area contributed by atoms with Crippen LogP contribution in [0.5, 0.6) is 0 Å². The predicted octanol–water partition coefficient (Wildman–Crippen LogP) is 4.55. The number of fused-ring (bicyclic) bond motifs is 1. The summed E-state index contributed by atoms with van der Waals surface area (Å²) < 4.78 is 1.94. The van der Waals surface area contributed by atoms with Crippen LogP contribution in [0.2, 0.25) is 0 Å². The van der Waals surface area contributed by atoms with Gasteiger partial charge in [0.25, 0.3) is 0 Å². The average molecular weight is 422 g/mol. The van der Waals surface area contributed by atoms with Crippen molar-refractivity contribution >= 4 is 23.4 Å². The molecule has 2 N–H and O–H groups in total. The summed E-state index contributed by atoms with van der Waals surface area (Å²) in [6.45, 7) is 8.22. The molecule has 1 aliphatic heterocycles. The number of nitrogens with one attached hydrogen (secondary N) is 2. The Hall–Kier alpha value is -2.80. The number of nitrogens with zero attached hydrogens (tertiary/aromatic N) is 3. The summed E-state index contributed by atoms with van der Waals surface area (Å²) in [6.07, 6.45) is 1.82. The zero-order valence-electron chi connectivity index (χ0n) is 17.8. The van der Waals surface area contributed by atoms with Gasteiger partial charge in [-0.3, -0.25) is 4.79 Å². The van der Waals surface area contributed by atoms with E-state index in [1.54, 1.807) is 0 Å². The Morgan fingerprint density at radius 2 is 1.83 bits per heavy atom. The first-order chi connectivity index (χ1) is 14.5. The summed E-state index contributed by atoms with van der Waals surface area (Å²) in [6, 6.07) is 14.2. The van der Waals surface area contributed by atoms with E-state index in [2.05, 4.69) is 65.1 Å². The van der Waals surface area contributed by atoms with Gasteiger partial charge in [-0.05, 0) is 49.9 Å². The third-order valence-electron chi connectivity index (χ3n) is 5.32. The van der Waals surface area contributed by atoms with Crippen LogP contribution in [-0.2, 0) is 11.2 Å². The van der Waals surface area contributed by atoms with Crippen molar-refractivity contribution in [3.8, 4) is 0 Å². The number of carbonyl (C=O) groups excluding carboxylic acids is 1. The van der Waals surface area contributed by atoms with Gasteiger partial charge in [0, 0.05) is 12.1 Å². The van der Waals surface area contributed by atoms with Crippen molar-refractivity contribution < 1.29 is 4.79 Å². The average Bonchev–Trinajstić information content (AvgIpc) is 3.12. The maximum absolute atomic E-state index is 13.4. The van der Waals surface area contributed by atoms with Crippen LogP contribution < -0.4 is 10.7 Å². The lowest BCUT2D eigenvalue weighted by molar-refractivity contribution is -0.116. The molecule has 3 aromatic rings. The van der Waals surface area contributed by atoms with Gasteiger partial charge in [-0.15, -0.1) is 10.2 Å². The molecule has 0 saturated carbocycles. The third-order valence-corrected chi connectivity index (χ3v) is 6.54. The van der Waals surface area contributed by atoms with Crippen molar-refractivity contribution in [2.45, 2.75) is 57.0 Å². The third kappa shape index (κ3) is 4.07. The number of carbonyl (C=O) groups is 1. The van der Waals surface area contributed by atoms with Crippen LogP contribution in [0.3, 0.4) is 0 Å². The highest BCUT2D eigenvalue weighted by molar-refractivity contribution is 8.00. The van der Waals surface area contributed by atoms with E-state index in [9.17, 15) is 4.79 Å². The summed E-state index contributed by atoms with van der Waals surface area (Å²) in [7, 11) is 0. The number of anilines is 1. The number of amides is 1. The fourth-order valence-electron chi connectivity index (χ4n) is 3.58. The first-order valence-electron chi connectivity index (χ1n) is 10.3.